The first-order valence-electron chi connectivity index (χ1n) is 7.36. The highest BCUT2D eigenvalue weighted by Gasteiger charge is 2.15. The van der Waals surface area contributed by atoms with Gasteiger partial charge in [0.05, 0.1) is 0 Å². The normalized spacial score (nSPS) is 13.7. The van der Waals surface area contributed by atoms with Crippen molar-refractivity contribution in [1.82, 2.24) is 5.32 Å². The van der Waals surface area contributed by atoms with Crippen LogP contribution in [0.3, 0.4) is 0 Å². The lowest BCUT2D eigenvalue weighted by atomic mass is 10.1. The largest absolute Gasteiger partial charge is 0.486 e. The maximum atomic E-state index is 13.5. The third kappa shape index (κ3) is 4.05. The van der Waals surface area contributed by atoms with Gasteiger partial charge in [0.2, 0.25) is 0 Å². The average molecular weight is 287 g/mol. The van der Waals surface area contributed by atoms with Crippen LogP contribution in [0.2, 0.25) is 0 Å². The summed E-state index contributed by atoms with van der Waals surface area (Å²) in [5.74, 6) is 0.482. The van der Waals surface area contributed by atoms with Crippen molar-refractivity contribution in [3.05, 3.63) is 65.5 Å². The van der Waals surface area contributed by atoms with Gasteiger partial charge in [-0.2, -0.15) is 0 Å². The highest BCUT2D eigenvalue weighted by Crippen LogP contribution is 2.30. The predicted molar refractivity (Wildman–Crippen MR) is 84.0 cm³/mol. The van der Waals surface area contributed by atoms with Crippen molar-refractivity contribution < 1.29 is 9.13 Å². The number of halogens is 1. The van der Waals surface area contributed by atoms with E-state index in [2.05, 4.69) is 5.32 Å². The van der Waals surface area contributed by atoms with Gasteiger partial charge in [0, 0.05) is 11.6 Å². The zero-order valence-electron chi connectivity index (χ0n) is 12.8. The van der Waals surface area contributed by atoms with Crippen LogP contribution < -0.4 is 10.1 Å². The molecule has 0 heterocycles. The second-order valence-corrected chi connectivity index (χ2v) is 5.13. The van der Waals surface area contributed by atoms with Gasteiger partial charge in [0.1, 0.15) is 17.7 Å². The molecule has 0 bridgehead atoms. The molecule has 0 fully saturated rings. The van der Waals surface area contributed by atoms with Crippen LogP contribution in [0.1, 0.15) is 44.0 Å². The summed E-state index contributed by atoms with van der Waals surface area (Å²) in [6, 6.07) is 14.7. The molecule has 0 amide bonds. The van der Waals surface area contributed by atoms with Gasteiger partial charge in [0.25, 0.3) is 0 Å². The Morgan fingerprint density at radius 2 is 1.81 bits per heavy atom. The molecule has 0 aromatic heterocycles. The predicted octanol–water partition coefficient (Wildman–Crippen LogP) is 4.64. The summed E-state index contributed by atoms with van der Waals surface area (Å²) in [5.41, 5.74) is 1.95. The molecule has 3 heteroatoms. The lowest BCUT2D eigenvalue weighted by Crippen LogP contribution is -2.19. The van der Waals surface area contributed by atoms with Gasteiger partial charge >= 0.3 is 0 Å². The maximum Gasteiger partial charge on any atom is 0.125 e. The van der Waals surface area contributed by atoms with Crippen molar-refractivity contribution >= 4 is 0 Å². The maximum absolute atomic E-state index is 13.5. The smallest absolute Gasteiger partial charge is 0.125 e. The third-order valence-electron chi connectivity index (χ3n) is 3.52. The van der Waals surface area contributed by atoms with E-state index in [1.165, 1.54) is 6.07 Å². The van der Waals surface area contributed by atoms with Gasteiger partial charge in [0.15, 0.2) is 0 Å². The molecule has 1 N–H and O–H groups in total. The molecule has 0 aliphatic heterocycles. The minimum atomic E-state index is -0.241. The molecule has 2 unspecified atom stereocenters. The summed E-state index contributed by atoms with van der Waals surface area (Å²) in [5, 5.41) is 3.30. The second kappa shape index (κ2) is 7.23. The highest BCUT2D eigenvalue weighted by atomic mass is 19.1. The molecule has 112 valence electrons. The summed E-state index contributed by atoms with van der Waals surface area (Å²) in [6.45, 7) is 6.87. The summed E-state index contributed by atoms with van der Waals surface area (Å²) >= 11 is 0. The van der Waals surface area contributed by atoms with E-state index in [4.69, 9.17) is 4.74 Å². The Bertz CT molecular complexity index is 571. The highest BCUT2D eigenvalue weighted by molar-refractivity contribution is 5.37. The van der Waals surface area contributed by atoms with E-state index in [0.29, 0.717) is 0 Å². The fraction of sp³-hybridized carbons (Fsp3) is 0.333. The van der Waals surface area contributed by atoms with Crippen molar-refractivity contribution in [2.24, 2.45) is 0 Å². The molecule has 0 aliphatic rings. The Kier molecular flexibility index (Phi) is 5.34. The summed E-state index contributed by atoms with van der Waals surface area (Å²) in [4.78, 5) is 0. The molecule has 0 spiro atoms. The Balaban J connectivity index is 2.23. The molecular formula is C18H22FNO. The van der Waals surface area contributed by atoms with Gasteiger partial charge in [-0.25, -0.2) is 4.39 Å². The van der Waals surface area contributed by atoms with Crippen LogP contribution in [-0.4, -0.2) is 6.54 Å². The minimum absolute atomic E-state index is 0.0451. The van der Waals surface area contributed by atoms with Gasteiger partial charge in [-0.3, -0.25) is 0 Å². The summed E-state index contributed by atoms with van der Waals surface area (Å²) in [7, 11) is 0. The van der Waals surface area contributed by atoms with Crippen LogP contribution >= 0.6 is 0 Å². The van der Waals surface area contributed by atoms with E-state index >= 15 is 0 Å². The molecule has 2 nitrogen and oxygen atoms in total. The average Bonchev–Trinajstić information content (AvgIpc) is 2.50. The van der Waals surface area contributed by atoms with Crippen LogP contribution in [-0.2, 0) is 0 Å². The number of hydrogen-bond donors (Lipinski definition) is 1. The van der Waals surface area contributed by atoms with Crippen molar-refractivity contribution in [2.75, 3.05) is 6.54 Å². The molecule has 2 aromatic carbocycles. The van der Waals surface area contributed by atoms with Crippen molar-refractivity contribution in [2.45, 2.75) is 32.9 Å². The zero-order chi connectivity index (χ0) is 15.2. The monoisotopic (exact) mass is 287 g/mol. The van der Waals surface area contributed by atoms with Crippen LogP contribution in [0, 0.1) is 5.82 Å². The Morgan fingerprint density at radius 1 is 1.10 bits per heavy atom. The second-order valence-electron chi connectivity index (χ2n) is 5.13. The third-order valence-corrected chi connectivity index (χ3v) is 3.52. The minimum Gasteiger partial charge on any atom is -0.486 e. The molecule has 0 saturated heterocycles. The first kappa shape index (κ1) is 15.5. The van der Waals surface area contributed by atoms with E-state index < -0.39 is 0 Å². The number of ether oxygens (including phenoxy) is 1. The van der Waals surface area contributed by atoms with Gasteiger partial charge in [-0.15, -0.1) is 0 Å². The van der Waals surface area contributed by atoms with E-state index in [-0.39, 0.29) is 18.0 Å². The molecule has 0 aliphatic carbocycles. The van der Waals surface area contributed by atoms with Gasteiger partial charge in [-0.05, 0) is 44.2 Å². The molecule has 0 radical (unpaired) electrons. The molecule has 0 saturated carbocycles. The molecule has 2 atom stereocenters. The van der Waals surface area contributed by atoms with E-state index in [9.17, 15) is 4.39 Å². The topological polar surface area (TPSA) is 21.3 Å². The van der Waals surface area contributed by atoms with Gasteiger partial charge in [-0.1, -0.05) is 37.3 Å². The number of nitrogens with one attached hydrogen (secondary N) is 1. The number of rotatable bonds is 6. The van der Waals surface area contributed by atoms with Crippen LogP contribution in [0.15, 0.2) is 48.5 Å². The van der Waals surface area contributed by atoms with Crippen molar-refractivity contribution in [1.29, 1.82) is 0 Å². The van der Waals surface area contributed by atoms with Crippen LogP contribution in [0.25, 0.3) is 0 Å². The Labute approximate surface area is 126 Å². The summed E-state index contributed by atoms with van der Waals surface area (Å²) in [6.07, 6.45) is -0.0794. The molecule has 2 aromatic rings. The SMILES string of the molecule is CCNC(C)c1cc(F)ccc1OC(C)c1ccccc1. The standard InChI is InChI=1S/C18H22FNO/c1-4-20-13(2)17-12-16(19)10-11-18(17)21-14(3)15-8-6-5-7-9-15/h5-14,20H,4H2,1-3H3. The molecule has 2 rings (SSSR count). The fourth-order valence-corrected chi connectivity index (χ4v) is 2.36. The Hall–Kier alpha value is -1.87. The van der Waals surface area contributed by atoms with E-state index in [1.807, 2.05) is 51.1 Å². The van der Waals surface area contributed by atoms with E-state index in [0.717, 1.165) is 23.4 Å². The lowest BCUT2D eigenvalue weighted by Gasteiger charge is -2.21. The van der Waals surface area contributed by atoms with E-state index in [1.54, 1.807) is 12.1 Å². The summed E-state index contributed by atoms with van der Waals surface area (Å²) < 4.78 is 19.6. The quantitative estimate of drug-likeness (QED) is 0.836. The van der Waals surface area contributed by atoms with Gasteiger partial charge < -0.3 is 10.1 Å². The lowest BCUT2D eigenvalue weighted by molar-refractivity contribution is 0.222. The number of hydrogen-bond acceptors (Lipinski definition) is 2. The first-order valence-corrected chi connectivity index (χ1v) is 7.36. The van der Waals surface area contributed by atoms with Crippen LogP contribution in [0.5, 0.6) is 5.75 Å². The van der Waals surface area contributed by atoms with Crippen molar-refractivity contribution in [3.8, 4) is 5.75 Å². The molecule has 21 heavy (non-hydrogen) atoms. The number of benzene rings is 2. The zero-order valence-corrected chi connectivity index (χ0v) is 12.8. The first-order chi connectivity index (χ1) is 10.1. The Morgan fingerprint density at radius 3 is 2.48 bits per heavy atom. The fourth-order valence-electron chi connectivity index (χ4n) is 2.36. The van der Waals surface area contributed by atoms with Crippen molar-refractivity contribution in [3.63, 3.8) is 0 Å². The van der Waals surface area contributed by atoms with Crippen LogP contribution in [0.4, 0.5) is 4.39 Å². The molecular weight excluding hydrogens is 265 g/mol.